The second kappa shape index (κ2) is 4.68. The van der Waals surface area contributed by atoms with Crippen molar-refractivity contribution >= 4 is 23.2 Å². The predicted octanol–water partition coefficient (Wildman–Crippen LogP) is 2.55. The van der Waals surface area contributed by atoms with Gasteiger partial charge in [0.1, 0.15) is 0 Å². The second-order valence-corrected chi connectivity index (χ2v) is 5.43. The zero-order chi connectivity index (χ0) is 13.4. The summed E-state index contributed by atoms with van der Waals surface area (Å²) in [6, 6.07) is 7.91. The van der Waals surface area contributed by atoms with Gasteiger partial charge in [-0.05, 0) is 49.9 Å². The smallest absolute Gasteiger partial charge is 0.227 e. The van der Waals surface area contributed by atoms with Crippen molar-refractivity contribution < 1.29 is 9.59 Å². The quantitative estimate of drug-likeness (QED) is 0.902. The van der Waals surface area contributed by atoms with Crippen molar-refractivity contribution in [1.82, 2.24) is 0 Å². The molecule has 0 aliphatic heterocycles. The summed E-state index contributed by atoms with van der Waals surface area (Å²) in [6.45, 7) is 1.60. The van der Waals surface area contributed by atoms with E-state index in [2.05, 4.69) is 5.32 Å². The molecule has 1 aromatic rings. The average molecular weight is 258 g/mol. The van der Waals surface area contributed by atoms with Crippen LogP contribution in [0.2, 0.25) is 0 Å². The summed E-state index contributed by atoms with van der Waals surface area (Å²) >= 11 is 0. The normalized spacial score (nSPS) is 17.9. The van der Waals surface area contributed by atoms with E-state index in [4.69, 9.17) is 0 Å². The number of carbonyl (C=O) groups excluding carboxylic acids is 2. The Morgan fingerprint density at radius 2 is 1.74 bits per heavy atom. The number of hydrogen-bond acceptors (Lipinski definition) is 2. The third kappa shape index (κ3) is 2.78. The monoisotopic (exact) mass is 258 g/mol. The zero-order valence-electron chi connectivity index (χ0n) is 11.1. The summed E-state index contributed by atoms with van der Waals surface area (Å²) in [4.78, 5) is 25.1. The van der Waals surface area contributed by atoms with Gasteiger partial charge in [0.25, 0.3) is 0 Å². The highest BCUT2D eigenvalue weighted by Gasteiger charge is 2.32. The predicted molar refractivity (Wildman–Crippen MR) is 74.0 cm³/mol. The van der Waals surface area contributed by atoms with Gasteiger partial charge in [-0.3, -0.25) is 9.59 Å². The number of hydrogen-bond donors (Lipinski definition) is 1. The van der Waals surface area contributed by atoms with Crippen molar-refractivity contribution in [3.05, 3.63) is 24.3 Å². The van der Waals surface area contributed by atoms with E-state index in [9.17, 15) is 9.59 Å². The first kappa shape index (κ1) is 12.2. The van der Waals surface area contributed by atoms with E-state index in [-0.39, 0.29) is 17.7 Å². The first-order chi connectivity index (χ1) is 9.15. The molecule has 2 fully saturated rings. The number of carbonyl (C=O) groups is 2. The maximum Gasteiger partial charge on any atom is 0.227 e. The second-order valence-electron chi connectivity index (χ2n) is 5.43. The Hall–Kier alpha value is -1.84. The molecule has 0 bridgehead atoms. The standard InChI is InChI=1S/C15H18N2O2/c1-10(18)17(14-8-9-14)13-6-4-12(5-7-13)16-15(19)11-2-3-11/h4-7,11,14H,2-3,8-9H2,1H3,(H,16,19). The van der Waals surface area contributed by atoms with E-state index in [1.165, 1.54) is 0 Å². The summed E-state index contributed by atoms with van der Waals surface area (Å²) < 4.78 is 0. The zero-order valence-corrected chi connectivity index (χ0v) is 11.1. The Kier molecular flexibility index (Phi) is 3.01. The molecule has 4 nitrogen and oxygen atoms in total. The van der Waals surface area contributed by atoms with Gasteiger partial charge >= 0.3 is 0 Å². The van der Waals surface area contributed by atoms with E-state index < -0.39 is 0 Å². The van der Waals surface area contributed by atoms with Crippen molar-refractivity contribution in [2.45, 2.75) is 38.6 Å². The number of anilines is 2. The van der Waals surface area contributed by atoms with Crippen LogP contribution in [0, 0.1) is 5.92 Å². The Morgan fingerprint density at radius 1 is 1.11 bits per heavy atom. The molecule has 19 heavy (non-hydrogen) atoms. The Bertz CT molecular complexity index is 501. The molecule has 0 atom stereocenters. The van der Waals surface area contributed by atoms with E-state index in [1.54, 1.807) is 6.92 Å². The van der Waals surface area contributed by atoms with Crippen molar-refractivity contribution in [3.63, 3.8) is 0 Å². The molecule has 0 saturated heterocycles. The van der Waals surface area contributed by atoms with Gasteiger partial charge in [-0.2, -0.15) is 0 Å². The minimum atomic E-state index is 0.0808. The van der Waals surface area contributed by atoms with Crippen LogP contribution >= 0.6 is 0 Å². The summed E-state index contributed by atoms with van der Waals surface area (Å²) in [5.41, 5.74) is 1.72. The van der Waals surface area contributed by atoms with E-state index in [0.717, 1.165) is 37.1 Å². The highest BCUT2D eigenvalue weighted by Crippen LogP contribution is 2.33. The molecular weight excluding hydrogens is 240 g/mol. The van der Waals surface area contributed by atoms with Crippen LogP contribution in [0.3, 0.4) is 0 Å². The lowest BCUT2D eigenvalue weighted by Crippen LogP contribution is -2.30. The summed E-state index contributed by atoms with van der Waals surface area (Å²) in [5.74, 6) is 0.399. The molecular formula is C15H18N2O2. The molecule has 0 radical (unpaired) electrons. The molecule has 3 rings (SSSR count). The van der Waals surface area contributed by atoms with Crippen LogP contribution < -0.4 is 10.2 Å². The van der Waals surface area contributed by atoms with Crippen LogP contribution in [-0.2, 0) is 9.59 Å². The fourth-order valence-corrected chi connectivity index (χ4v) is 2.28. The molecule has 2 aliphatic carbocycles. The lowest BCUT2D eigenvalue weighted by molar-refractivity contribution is -0.117. The third-order valence-corrected chi connectivity index (χ3v) is 3.61. The van der Waals surface area contributed by atoms with Gasteiger partial charge in [0.05, 0.1) is 0 Å². The number of nitrogens with one attached hydrogen (secondary N) is 1. The molecule has 0 aromatic heterocycles. The fraction of sp³-hybridized carbons (Fsp3) is 0.467. The van der Waals surface area contributed by atoms with Crippen LogP contribution in [-0.4, -0.2) is 17.9 Å². The molecule has 2 aliphatic rings. The maximum absolute atomic E-state index is 11.6. The van der Waals surface area contributed by atoms with Crippen LogP contribution in [0.25, 0.3) is 0 Å². The van der Waals surface area contributed by atoms with E-state index in [1.807, 2.05) is 29.2 Å². The average Bonchev–Trinajstić information content (AvgIpc) is 3.25. The molecule has 2 saturated carbocycles. The fourth-order valence-electron chi connectivity index (χ4n) is 2.28. The minimum Gasteiger partial charge on any atom is -0.326 e. The maximum atomic E-state index is 11.6. The Balaban J connectivity index is 1.70. The van der Waals surface area contributed by atoms with Crippen LogP contribution in [0.1, 0.15) is 32.6 Å². The van der Waals surface area contributed by atoms with Gasteiger partial charge in [0.2, 0.25) is 11.8 Å². The van der Waals surface area contributed by atoms with Gasteiger partial charge in [0, 0.05) is 30.3 Å². The first-order valence-corrected chi connectivity index (χ1v) is 6.86. The highest BCUT2D eigenvalue weighted by molar-refractivity contribution is 5.95. The molecule has 2 amide bonds. The molecule has 100 valence electrons. The van der Waals surface area contributed by atoms with Crippen molar-refractivity contribution in [2.24, 2.45) is 5.92 Å². The summed E-state index contributed by atoms with van der Waals surface area (Å²) in [5, 5.41) is 2.90. The van der Waals surface area contributed by atoms with Crippen LogP contribution in [0.4, 0.5) is 11.4 Å². The topological polar surface area (TPSA) is 49.4 Å². The number of nitrogens with zero attached hydrogens (tertiary/aromatic N) is 1. The van der Waals surface area contributed by atoms with Gasteiger partial charge < -0.3 is 10.2 Å². The number of amides is 2. The molecule has 1 N–H and O–H groups in total. The van der Waals surface area contributed by atoms with Crippen molar-refractivity contribution in [1.29, 1.82) is 0 Å². The largest absolute Gasteiger partial charge is 0.326 e. The van der Waals surface area contributed by atoms with Gasteiger partial charge in [0.15, 0.2) is 0 Å². The van der Waals surface area contributed by atoms with Crippen molar-refractivity contribution in [3.8, 4) is 0 Å². The number of rotatable bonds is 4. The van der Waals surface area contributed by atoms with Crippen LogP contribution in [0.15, 0.2) is 24.3 Å². The van der Waals surface area contributed by atoms with Gasteiger partial charge in [-0.1, -0.05) is 0 Å². The summed E-state index contributed by atoms with van der Waals surface area (Å²) in [6.07, 6.45) is 4.17. The Labute approximate surface area is 112 Å². The van der Waals surface area contributed by atoms with Gasteiger partial charge in [-0.15, -0.1) is 0 Å². The molecule has 0 spiro atoms. The van der Waals surface area contributed by atoms with Crippen LogP contribution in [0.5, 0.6) is 0 Å². The molecule has 1 aromatic carbocycles. The number of benzene rings is 1. The molecule has 0 unspecified atom stereocenters. The van der Waals surface area contributed by atoms with Crippen molar-refractivity contribution in [2.75, 3.05) is 10.2 Å². The molecule has 4 heteroatoms. The Morgan fingerprint density at radius 3 is 2.21 bits per heavy atom. The lowest BCUT2D eigenvalue weighted by Gasteiger charge is -2.21. The van der Waals surface area contributed by atoms with E-state index in [0.29, 0.717) is 6.04 Å². The van der Waals surface area contributed by atoms with Gasteiger partial charge in [-0.25, -0.2) is 0 Å². The third-order valence-electron chi connectivity index (χ3n) is 3.61. The SMILES string of the molecule is CC(=O)N(c1ccc(NC(=O)C2CC2)cc1)C1CC1. The minimum absolute atomic E-state index is 0.0808. The molecule has 0 heterocycles. The van der Waals surface area contributed by atoms with E-state index >= 15 is 0 Å². The highest BCUT2D eigenvalue weighted by atomic mass is 16.2. The first-order valence-electron chi connectivity index (χ1n) is 6.86. The summed E-state index contributed by atoms with van der Waals surface area (Å²) in [7, 11) is 0. The lowest BCUT2D eigenvalue weighted by atomic mass is 10.2.